The van der Waals surface area contributed by atoms with E-state index in [1.165, 1.54) is 0 Å². The average Bonchev–Trinajstić information content (AvgIpc) is 3.47. The van der Waals surface area contributed by atoms with E-state index in [2.05, 4.69) is 69.1 Å². The van der Waals surface area contributed by atoms with Crippen LogP contribution in [0.2, 0.25) is 5.02 Å². The number of piperazine rings is 1. The minimum Gasteiger partial charge on any atom is -0.489 e. The van der Waals surface area contributed by atoms with Crippen molar-refractivity contribution in [1.29, 1.82) is 5.26 Å². The van der Waals surface area contributed by atoms with Crippen LogP contribution in [0.1, 0.15) is 90.3 Å². The smallest absolute Gasteiger partial charge is 0.289 e. The summed E-state index contributed by atoms with van der Waals surface area (Å²) < 4.78 is 6.35. The van der Waals surface area contributed by atoms with Crippen LogP contribution in [0.5, 0.6) is 5.75 Å². The Balaban J connectivity index is 0.789. The second kappa shape index (κ2) is 15.5. The summed E-state index contributed by atoms with van der Waals surface area (Å²) in [4.78, 5) is 80.8. The average molecular weight is 822 g/mol. The van der Waals surface area contributed by atoms with Gasteiger partial charge in [-0.25, -0.2) is 9.97 Å². The molecule has 5 heterocycles. The van der Waals surface area contributed by atoms with Crippen molar-refractivity contribution in [3.63, 3.8) is 0 Å². The van der Waals surface area contributed by atoms with Gasteiger partial charge in [0.15, 0.2) is 0 Å². The van der Waals surface area contributed by atoms with Crippen molar-refractivity contribution in [1.82, 2.24) is 30.4 Å². The molecule has 308 valence electrons. The highest BCUT2D eigenvalue weighted by atomic mass is 35.5. The zero-order chi connectivity index (χ0) is 41.8. The molecule has 4 aliphatic heterocycles. The van der Waals surface area contributed by atoms with E-state index in [0.29, 0.717) is 27.8 Å². The molecule has 5 amide bonds. The van der Waals surface area contributed by atoms with Gasteiger partial charge in [0.05, 0.1) is 39.8 Å². The van der Waals surface area contributed by atoms with Gasteiger partial charge in [0, 0.05) is 80.9 Å². The number of halogens is 1. The summed E-state index contributed by atoms with van der Waals surface area (Å²) in [6.45, 7) is 14.3. The fraction of sp³-hybridized carbons (Fsp3) is 0.488. The van der Waals surface area contributed by atoms with Crippen LogP contribution in [0.25, 0.3) is 0 Å². The number of amides is 5. The van der Waals surface area contributed by atoms with E-state index in [4.69, 9.17) is 16.3 Å². The lowest BCUT2D eigenvalue weighted by Crippen LogP contribution is -2.74. The van der Waals surface area contributed by atoms with Gasteiger partial charge in [-0.15, -0.1) is 0 Å². The van der Waals surface area contributed by atoms with E-state index in [9.17, 15) is 29.2 Å². The van der Waals surface area contributed by atoms with Crippen LogP contribution in [0.3, 0.4) is 0 Å². The zero-order valence-corrected chi connectivity index (χ0v) is 34.4. The second-order valence-electron chi connectivity index (χ2n) is 17.5. The summed E-state index contributed by atoms with van der Waals surface area (Å²) in [5.41, 5.74) is 1.91. The number of nitrogens with zero attached hydrogens (tertiary/aromatic N) is 7. The van der Waals surface area contributed by atoms with Crippen molar-refractivity contribution >= 4 is 52.5 Å². The minimum absolute atomic E-state index is 0.0852. The highest BCUT2D eigenvalue weighted by Gasteiger charge is 2.64. The number of hydrogen-bond acceptors (Lipinski definition) is 12. The highest BCUT2D eigenvalue weighted by Crippen LogP contribution is 2.55. The van der Waals surface area contributed by atoms with Crippen molar-refractivity contribution in [2.24, 2.45) is 16.7 Å². The Morgan fingerprint density at radius 2 is 1.54 bits per heavy atom. The number of carbonyl (C=O) groups excluding carboxylic acids is 5. The molecule has 1 aliphatic carbocycles. The SMILES string of the molecule is CC1(C)[C@H](NC(=O)c2ncc(N3CCC(CN4CCN(c5ccc6c(c5)C(=O)N(C5CCC(=O)NC5=O)C6=O)CC4)CC3)cn2)C(C)(C)[C@H]1Oc1ccc(C#N)c(Cl)c1. The summed E-state index contributed by atoms with van der Waals surface area (Å²) in [5.74, 6) is -1.11. The Bertz CT molecular complexity index is 2230. The van der Waals surface area contributed by atoms with E-state index in [1.807, 2.05) is 6.07 Å². The van der Waals surface area contributed by atoms with Crippen molar-refractivity contribution in [2.45, 2.75) is 71.6 Å². The van der Waals surface area contributed by atoms with Crippen molar-refractivity contribution in [3.05, 3.63) is 76.3 Å². The van der Waals surface area contributed by atoms with Crippen molar-refractivity contribution in [3.8, 4) is 11.8 Å². The molecule has 0 bridgehead atoms. The van der Waals surface area contributed by atoms with E-state index < -0.39 is 40.5 Å². The summed E-state index contributed by atoms with van der Waals surface area (Å²) in [5, 5.41) is 14.9. The van der Waals surface area contributed by atoms with Crippen LogP contribution >= 0.6 is 11.6 Å². The standard InChI is InChI=1S/C43H48ClN9O6/c1-42(2)40(43(3,4)41(42)59-29-7-5-26(21-45)32(44)20-29)49-37(56)35-46-22-28(23-47-35)51-13-11-25(12-14-51)24-50-15-17-52(18-16-50)27-6-8-30-31(19-27)39(58)53(38(30)57)33-9-10-34(54)48-36(33)55/h5-8,19-20,22-23,25,33,40-41H,9-18,24H2,1-4H3,(H,49,56)(H,48,54,55)/t33?,40-,41-. The topological polar surface area (TPSA) is 181 Å². The second-order valence-corrected chi connectivity index (χ2v) is 17.9. The molecule has 4 fully saturated rings. The monoisotopic (exact) mass is 821 g/mol. The summed E-state index contributed by atoms with van der Waals surface area (Å²) in [6.07, 6.45) is 5.50. The van der Waals surface area contributed by atoms with Gasteiger partial charge in [-0.1, -0.05) is 39.3 Å². The third-order valence-corrected chi connectivity index (χ3v) is 13.2. The number of ether oxygens (including phenoxy) is 1. The van der Waals surface area contributed by atoms with E-state index >= 15 is 0 Å². The minimum atomic E-state index is -0.981. The van der Waals surface area contributed by atoms with Crippen LogP contribution in [0, 0.1) is 28.1 Å². The zero-order valence-electron chi connectivity index (χ0n) is 33.7. The maximum Gasteiger partial charge on any atom is 0.289 e. The molecule has 2 N–H and O–H groups in total. The fourth-order valence-corrected chi connectivity index (χ4v) is 10.2. The summed E-state index contributed by atoms with van der Waals surface area (Å²) in [7, 11) is 0. The van der Waals surface area contributed by atoms with Gasteiger partial charge in [0.2, 0.25) is 17.6 Å². The molecule has 1 atom stereocenters. The van der Waals surface area contributed by atoms with Crippen LogP contribution in [0.15, 0.2) is 48.8 Å². The summed E-state index contributed by atoms with van der Waals surface area (Å²) in [6, 6.07) is 11.2. The molecule has 8 rings (SSSR count). The maximum absolute atomic E-state index is 13.4. The Hall–Kier alpha value is -5.59. The van der Waals surface area contributed by atoms with Crippen molar-refractivity contribution < 1.29 is 28.7 Å². The number of nitrogens with one attached hydrogen (secondary N) is 2. The third kappa shape index (κ3) is 7.48. The number of nitriles is 1. The van der Waals surface area contributed by atoms with Crippen molar-refractivity contribution in [2.75, 3.05) is 55.6 Å². The molecule has 0 radical (unpaired) electrons. The van der Waals surface area contributed by atoms with Gasteiger partial charge in [-0.2, -0.15) is 5.26 Å². The fourth-order valence-electron chi connectivity index (χ4n) is 9.98. The van der Waals surface area contributed by atoms with Crippen LogP contribution in [-0.2, 0) is 9.59 Å². The maximum atomic E-state index is 13.4. The van der Waals surface area contributed by atoms with E-state index in [0.717, 1.165) is 74.9 Å². The number of piperidine rings is 2. The van der Waals surface area contributed by atoms with Gasteiger partial charge < -0.3 is 19.9 Å². The van der Waals surface area contributed by atoms with Gasteiger partial charge in [0.25, 0.3) is 17.7 Å². The number of hydrogen-bond donors (Lipinski definition) is 2. The molecule has 2 aromatic carbocycles. The number of fused-ring (bicyclic) bond motifs is 1. The number of rotatable bonds is 9. The molecule has 0 spiro atoms. The van der Waals surface area contributed by atoms with Crippen LogP contribution < -0.4 is 25.2 Å². The van der Waals surface area contributed by atoms with Gasteiger partial charge in [-0.3, -0.25) is 39.1 Å². The molecule has 15 nitrogen and oxygen atoms in total. The highest BCUT2D eigenvalue weighted by molar-refractivity contribution is 6.31. The first kappa shape index (κ1) is 40.2. The molecular weight excluding hydrogens is 774 g/mol. The Morgan fingerprint density at radius 1 is 0.881 bits per heavy atom. The predicted octanol–water partition coefficient (Wildman–Crippen LogP) is 4.05. The Morgan fingerprint density at radius 3 is 2.19 bits per heavy atom. The number of anilines is 2. The molecular formula is C43H48ClN9O6. The molecule has 1 aromatic heterocycles. The van der Waals surface area contributed by atoms with Crippen LogP contribution in [0.4, 0.5) is 11.4 Å². The molecule has 16 heteroatoms. The first-order chi connectivity index (χ1) is 28.1. The van der Waals surface area contributed by atoms with E-state index in [-0.39, 0.29) is 42.3 Å². The Labute approximate surface area is 348 Å². The number of carbonyl (C=O) groups is 5. The van der Waals surface area contributed by atoms with Gasteiger partial charge in [-0.05, 0) is 55.5 Å². The Kier molecular flexibility index (Phi) is 10.6. The third-order valence-electron chi connectivity index (χ3n) is 12.9. The van der Waals surface area contributed by atoms with Gasteiger partial charge >= 0.3 is 0 Å². The normalized spacial score (nSPS) is 24.3. The quantitative estimate of drug-likeness (QED) is 0.296. The molecule has 59 heavy (non-hydrogen) atoms. The molecule has 5 aliphatic rings. The predicted molar refractivity (Wildman–Crippen MR) is 218 cm³/mol. The lowest BCUT2D eigenvalue weighted by atomic mass is 9.49. The summed E-state index contributed by atoms with van der Waals surface area (Å²) >= 11 is 6.24. The lowest BCUT2D eigenvalue weighted by Gasteiger charge is -2.63. The first-order valence-electron chi connectivity index (χ1n) is 20.2. The van der Waals surface area contributed by atoms with E-state index in [1.54, 1.807) is 42.7 Å². The molecule has 3 saturated heterocycles. The lowest BCUT2D eigenvalue weighted by molar-refractivity contribution is -0.164. The van der Waals surface area contributed by atoms with Crippen LogP contribution in [-0.4, -0.2) is 113 Å². The molecule has 3 aromatic rings. The molecule has 1 unspecified atom stereocenters. The largest absolute Gasteiger partial charge is 0.489 e. The number of aromatic nitrogens is 2. The first-order valence-corrected chi connectivity index (χ1v) is 20.6. The number of benzene rings is 2. The van der Waals surface area contributed by atoms with Gasteiger partial charge in [0.1, 0.15) is 24.0 Å². The molecule has 1 saturated carbocycles. The number of imide groups is 2.